The van der Waals surface area contributed by atoms with Gasteiger partial charge in [0.1, 0.15) is 11.4 Å². The summed E-state index contributed by atoms with van der Waals surface area (Å²) in [6.07, 6.45) is -2.18. The van der Waals surface area contributed by atoms with Crippen molar-refractivity contribution < 1.29 is 27.9 Å². The van der Waals surface area contributed by atoms with Crippen LogP contribution in [0.3, 0.4) is 0 Å². The summed E-state index contributed by atoms with van der Waals surface area (Å²) >= 11 is 0. The van der Waals surface area contributed by atoms with Gasteiger partial charge >= 0.3 is 12.1 Å². The third kappa shape index (κ3) is 5.65. The molecule has 1 heterocycles. The minimum absolute atomic E-state index is 0.0678. The normalized spacial score (nSPS) is 18.4. The van der Waals surface area contributed by atoms with Crippen LogP contribution >= 0.6 is 0 Å². The van der Waals surface area contributed by atoms with E-state index in [-0.39, 0.29) is 23.5 Å². The van der Waals surface area contributed by atoms with Crippen molar-refractivity contribution in [1.82, 2.24) is 15.3 Å². The van der Waals surface area contributed by atoms with Crippen LogP contribution in [0.15, 0.2) is 30.5 Å². The lowest BCUT2D eigenvalue weighted by Gasteiger charge is -2.24. The lowest BCUT2D eigenvalue weighted by atomic mass is 10.0. The van der Waals surface area contributed by atoms with E-state index < -0.39 is 35.5 Å². The number of halogens is 3. The van der Waals surface area contributed by atoms with Gasteiger partial charge in [0, 0.05) is 24.0 Å². The Morgan fingerprint density at radius 3 is 2.44 bits per heavy atom. The number of benzene rings is 1. The van der Waals surface area contributed by atoms with Crippen molar-refractivity contribution in [3.05, 3.63) is 41.6 Å². The van der Waals surface area contributed by atoms with E-state index in [1.54, 1.807) is 0 Å². The topological polar surface area (TPSA) is 116 Å². The number of rotatable bonds is 7. The standard InChI is InChI=1S/C21H24F3N5O3/c1-11(2)26-18(30)14-4-3-5-16(14)28-17-15(21(22,23)24)10-25-20(29-17)27-13-8-6-12(7-9-13)19(31)32/h6-11,14,16H,3-5H2,1-2H3,(H,26,30)(H,31,32)(H2,25,27,28,29)/t14-,16+/m0/s1. The summed E-state index contributed by atoms with van der Waals surface area (Å²) in [6.45, 7) is 3.64. The van der Waals surface area contributed by atoms with Crippen LogP contribution < -0.4 is 16.0 Å². The first-order chi connectivity index (χ1) is 15.0. The van der Waals surface area contributed by atoms with Crippen molar-refractivity contribution in [1.29, 1.82) is 0 Å². The fraction of sp³-hybridized carbons (Fsp3) is 0.429. The van der Waals surface area contributed by atoms with Gasteiger partial charge in [0.25, 0.3) is 0 Å². The number of nitrogens with zero attached hydrogens (tertiary/aromatic N) is 2. The maximum atomic E-state index is 13.6. The molecule has 172 valence electrons. The Morgan fingerprint density at radius 2 is 1.84 bits per heavy atom. The molecule has 1 aliphatic rings. The molecule has 11 heteroatoms. The molecule has 1 aromatic heterocycles. The Hall–Kier alpha value is -3.37. The highest BCUT2D eigenvalue weighted by Gasteiger charge is 2.38. The monoisotopic (exact) mass is 451 g/mol. The average molecular weight is 451 g/mol. The summed E-state index contributed by atoms with van der Waals surface area (Å²) < 4.78 is 40.7. The molecule has 0 spiro atoms. The predicted octanol–water partition coefficient (Wildman–Crippen LogP) is 4.04. The number of hydrogen-bond acceptors (Lipinski definition) is 6. The SMILES string of the molecule is CC(C)NC(=O)[C@H]1CCC[C@H]1Nc1nc(Nc2ccc(C(=O)O)cc2)ncc1C(F)(F)F. The molecule has 32 heavy (non-hydrogen) atoms. The van der Waals surface area contributed by atoms with Crippen LogP contribution in [0.25, 0.3) is 0 Å². The molecule has 1 fully saturated rings. The zero-order valence-corrected chi connectivity index (χ0v) is 17.5. The van der Waals surface area contributed by atoms with E-state index in [4.69, 9.17) is 5.11 Å². The number of aromatic nitrogens is 2. The van der Waals surface area contributed by atoms with Gasteiger partial charge in [-0.05, 0) is 51.0 Å². The molecule has 1 saturated carbocycles. The van der Waals surface area contributed by atoms with Gasteiger partial charge in [0.15, 0.2) is 0 Å². The van der Waals surface area contributed by atoms with Gasteiger partial charge < -0.3 is 21.1 Å². The Labute approximate surface area is 182 Å². The fourth-order valence-electron chi connectivity index (χ4n) is 3.60. The molecule has 0 saturated heterocycles. The Morgan fingerprint density at radius 1 is 1.16 bits per heavy atom. The molecule has 2 aromatic rings. The Kier molecular flexibility index (Phi) is 6.85. The number of carboxylic acid groups (broad SMARTS) is 1. The number of carbonyl (C=O) groups excluding carboxylic acids is 1. The lowest BCUT2D eigenvalue weighted by Crippen LogP contribution is -2.41. The van der Waals surface area contributed by atoms with E-state index in [0.717, 1.165) is 0 Å². The quantitative estimate of drug-likeness (QED) is 0.502. The van der Waals surface area contributed by atoms with Crippen molar-refractivity contribution in [3.8, 4) is 0 Å². The number of nitrogens with one attached hydrogen (secondary N) is 3. The number of hydrogen-bond donors (Lipinski definition) is 4. The smallest absolute Gasteiger partial charge is 0.421 e. The molecule has 3 rings (SSSR count). The Bertz CT molecular complexity index is 980. The molecule has 4 N–H and O–H groups in total. The largest absolute Gasteiger partial charge is 0.478 e. The van der Waals surface area contributed by atoms with Gasteiger partial charge in [-0.25, -0.2) is 9.78 Å². The van der Waals surface area contributed by atoms with E-state index in [1.165, 1.54) is 24.3 Å². The third-order valence-corrected chi connectivity index (χ3v) is 5.09. The molecule has 0 aliphatic heterocycles. The molecule has 8 nitrogen and oxygen atoms in total. The second kappa shape index (κ2) is 9.41. The molecule has 1 amide bonds. The zero-order chi connectivity index (χ0) is 23.5. The summed E-state index contributed by atoms with van der Waals surface area (Å²) in [5.41, 5.74) is -0.548. The lowest BCUT2D eigenvalue weighted by molar-refractivity contribution is -0.137. The van der Waals surface area contributed by atoms with Crippen molar-refractivity contribution in [2.45, 2.75) is 51.4 Å². The van der Waals surface area contributed by atoms with Crippen LogP contribution in [-0.2, 0) is 11.0 Å². The van der Waals surface area contributed by atoms with Crippen molar-refractivity contribution in [3.63, 3.8) is 0 Å². The highest BCUT2D eigenvalue weighted by molar-refractivity contribution is 5.88. The maximum absolute atomic E-state index is 13.6. The molecule has 0 unspecified atom stereocenters. The van der Waals surface area contributed by atoms with Gasteiger partial charge in [-0.1, -0.05) is 6.42 Å². The van der Waals surface area contributed by atoms with Gasteiger partial charge in [-0.2, -0.15) is 18.2 Å². The third-order valence-electron chi connectivity index (χ3n) is 5.09. The zero-order valence-electron chi connectivity index (χ0n) is 17.5. The van der Waals surface area contributed by atoms with Gasteiger partial charge in [0.2, 0.25) is 11.9 Å². The number of anilines is 3. The van der Waals surface area contributed by atoms with Crippen LogP contribution in [0.1, 0.15) is 49.0 Å². The molecule has 1 aliphatic carbocycles. The second-order valence-corrected chi connectivity index (χ2v) is 7.91. The molecular formula is C21H24F3N5O3. The first-order valence-corrected chi connectivity index (χ1v) is 10.2. The molecule has 2 atom stereocenters. The predicted molar refractivity (Wildman–Crippen MR) is 112 cm³/mol. The first kappa shape index (κ1) is 23.3. The molecule has 0 bridgehead atoms. The number of carbonyl (C=O) groups is 2. The Balaban J connectivity index is 1.84. The van der Waals surface area contributed by atoms with E-state index >= 15 is 0 Å². The van der Waals surface area contributed by atoms with Crippen LogP contribution in [0.4, 0.5) is 30.6 Å². The summed E-state index contributed by atoms with van der Waals surface area (Å²) in [7, 11) is 0. The molecular weight excluding hydrogens is 427 g/mol. The van der Waals surface area contributed by atoms with Gasteiger partial charge in [0.05, 0.1) is 11.5 Å². The van der Waals surface area contributed by atoms with Crippen LogP contribution in [0.2, 0.25) is 0 Å². The van der Waals surface area contributed by atoms with Gasteiger partial charge in [-0.15, -0.1) is 0 Å². The summed E-state index contributed by atoms with van der Waals surface area (Å²) in [4.78, 5) is 31.2. The van der Waals surface area contributed by atoms with E-state index in [1.807, 2.05) is 13.8 Å². The van der Waals surface area contributed by atoms with E-state index in [9.17, 15) is 22.8 Å². The molecule has 0 radical (unpaired) electrons. The number of aromatic carboxylic acids is 1. The number of carboxylic acids is 1. The summed E-state index contributed by atoms with van der Waals surface area (Å²) in [5.74, 6) is -2.26. The highest BCUT2D eigenvalue weighted by Crippen LogP contribution is 2.36. The average Bonchev–Trinajstić information content (AvgIpc) is 3.15. The summed E-state index contributed by atoms with van der Waals surface area (Å²) in [6, 6.07) is 5.06. The van der Waals surface area contributed by atoms with Crippen LogP contribution in [0.5, 0.6) is 0 Å². The van der Waals surface area contributed by atoms with Crippen molar-refractivity contribution >= 4 is 29.3 Å². The number of amides is 1. The molecule has 1 aromatic carbocycles. The van der Waals surface area contributed by atoms with Crippen LogP contribution in [-0.4, -0.2) is 39.0 Å². The minimum atomic E-state index is -4.68. The van der Waals surface area contributed by atoms with Crippen LogP contribution in [0, 0.1) is 5.92 Å². The highest BCUT2D eigenvalue weighted by atomic mass is 19.4. The fourth-order valence-corrected chi connectivity index (χ4v) is 3.60. The van der Waals surface area contributed by atoms with E-state index in [0.29, 0.717) is 31.1 Å². The van der Waals surface area contributed by atoms with Crippen molar-refractivity contribution in [2.24, 2.45) is 5.92 Å². The van der Waals surface area contributed by atoms with Crippen molar-refractivity contribution in [2.75, 3.05) is 10.6 Å². The second-order valence-electron chi connectivity index (χ2n) is 7.91. The minimum Gasteiger partial charge on any atom is -0.478 e. The first-order valence-electron chi connectivity index (χ1n) is 10.2. The van der Waals surface area contributed by atoms with E-state index in [2.05, 4.69) is 25.9 Å². The summed E-state index contributed by atoms with van der Waals surface area (Å²) in [5, 5.41) is 17.4. The van der Waals surface area contributed by atoms with Gasteiger partial charge in [-0.3, -0.25) is 4.79 Å². The number of alkyl halides is 3. The maximum Gasteiger partial charge on any atom is 0.421 e.